The molecule has 0 spiro atoms. The molecular weight excluding hydrogens is 502 g/mol. The van der Waals surface area contributed by atoms with Crippen LogP contribution >= 0.6 is 11.6 Å². The smallest absolute Gasteiger partial charge is 0.404 e. The molecule has 2 aromatic rings. The number of rotatable bonds is 9. The van der Waals surface area contributed by atoms with Crippen molar-refractivity contribution in [3.05, 3.63) is 58.6 Å². The molecule has 1 saturated carbocycles. The van der Waals surface area contributed by atoms with E-state index in [-0.39, 0.29) is 24.3 Å². The molecule has 2 amide bonds. The maximum atomic E-state index is 13.5. The first-order chi connectivity index (χ1) is 18.2. The number of likely N-dealkylation sites (tertiary alicyclic amines) is 1. The Balaban J connectivity index is 1.67. The molecule has 7 nitrogen and oxygen atoms in total. The Morgan fingerprint density at radius 3 is 2.66 bits per heavy atom. The standard InChI is InChI=1S/C30H40ClN3O4/c1-20-7-3-8-21(17-20)27-25(10-4-11-26(27)31)30(38,14-6-15-33-29(36)37)23-9-5-16-34(19-23)28(35)22-12-13-24(18-22)32-2/h3-4,7-8,10-11,17,22-24,32-33,38H,5-6,9,12-16,18-19H2,1-2H3,(H,36,37). The monoisotopic (exact) mass is 541 g/mol. The van der Waals surface area contributed by atoms with E-state index in [9.17, 15) is 14.7 Å². The highest BCUT2D eigenvalue weighted by molar-refractivity contribution is 6.33. The predicted molar refractivity (Wildman–Crippen MR) is 150 cm³/mol. The van der Waals surface area contributed by atoms with Crippen molar-refractivity contribution in [1.29, 1.82) is 0 Å². The SMILES string of the molecule is CNC1CCC(C(=O)N2CCCC(C(O)(CCCNC(=O)O)c3cccc(Cl)c3-c3cccc(C)c3)C2)C1. The summed E-state index contributed by atoms with van der Waals surface area (Å²) in [5.74, 6) is 0.00832. The Bertz CT molecular complexity index is 1140. The predicted octanol–water partition coefficient (Wildman–Crippen LogP) is 5.18. The second-order valence-electron chi connectivity index (χ2n) is 10.9. The van der Waals surface area contributed by atoms with Gasteiger partial charge < -0.3 is 25.7 Å². The van der Waals surface area contributed by atoms with Crippen LogP contribution in [0.15, 0.2) is 42.5 Å². The molecular formula is C30H40ClN3O4. The quantitative estimate of drug-likeness (QED) is 0.328. The summed E-state index contributed by atoms with van der Waals surface area (Å²) in [6.45, 7) is 3.44. The van der Waals surface area contributed by atoms with Gasteiger partial charge in [-0.1, -0.05) is 53.6 Å². The number of nitrogens with zero attached hydrogens (tertiary/aromatic N) is 1. The van der Waals surface area contributed by atoms with Gasteiger partial charge in [0.2, 0.25) is 5.91 Å². The minimum atomic E-state index is -1.29. The minimum Gasteiger partial charge on any atom is -0.465 e. The van der Waals surface area contributed by atoms with E-state index in [2.05, 4.69) is 16.7 Å². The minimum absolute atomic E-state index is 0.0214. The summed E-state index contributed by atoms with van der Waals surface area (Å²) in [4.78, 5) is 26.5. The van der Waals surface area contributed by atoms with E-state index in [4.69, 9.17) is 16.7 Å². The summed E-state index contributed by atoms with van der Waals surface area (Å²) in [6, 6.07) is 14.1. The Morgan fingerprint density at radius 1 is 1.16 bits per heavy atom. The lowest BCUT2D eigenvalue weighted by atomic mass is 9.72. The first-order valence-electron chi connectivity index (χ1n) is 13.7. The molecule has 1 saturated heterocycles. The zero-order valence-corrected chi connectivity index (χ0v) is 23.1. The Labute approximate surface area is 230 Å². The number of piperidine rings is 1. The van der Waals surface area contributed by atoms with Crippen LogP contribution in [0.3, 0.4) is 0 Å². The second kappa shape index (κ2) is 12.5. The average Bonchev–Trinajstić information content (AvgIpc) is 3.40. The van der Waals surface area contributed by atoms with Gasteiger partial charge >= 0.3 is 6.09 Å². The number of nitrogens with one attached hydrogen (secondary N) is 2. The third-order valence-electron chi connectivity index (χ3n) is 8.40. The number of hydrogen-bond acceptors (Lipinski definition) is 4. The van der Waals surface area contributed by atoms with Crippen molar-refractivity contribution in [2.45, 2.75) is 63.5 Å². The van der Waals surface area contributed by atoms with E-state index in [1.165, 1.54) is 0 Å². The number of carbonyl (C=O) groups excluding carboxylic acids is 1. The molecule has 1 aliphatic carbocycles. The van der Waals surface area contributed by atoms with Gasteiger partial charge in [-0.15, -0.1) is 0 Å². The number of carbonyl (C=O) groups is 2. The molecule has 2 aliphatic rings. The molecule has 0 radical (unpaired) electrons. The van der Waals surface area contributed by atoms with Gasteiger partial charge in [-0.05, 0) is 76.1 Å². The van der Waals surface area contributed by atoms with Crippen molar-refractivity contribution in [1.82, 2.24) is 15.5 Å². The van der Waals surface area contributed by atoms with Gasteiger partial charge in [-0.25, -0.2) is 4.79 Å². The Hall–Kier alpha value is -2.61. The molecule has 4 N–H and O–H groups in total. The van der Waals surface area contributed by atoms with Gasteiger partial charge in [0.25, 0.3) is 0 Å². The summed E-state index contributed by atoms with van der Waals surface area (Å²) in [7, 11) is 1.95. The van der Waals surface area contributed by atoms with Gasteiger partial charge in [-0.2, -0.15) is 0 Å². The number of carboxylic acid groups (broad SMARTS) is 1. The fourth-order valence-electron chi connectivity index (χ4n) is 6.38. The molecule has 1 heterocycles. The highest BCUT2D eigenvalue weighted by Crippen LogP contribution is 2.46. The Morgan fingerprint density at radius 2 is 1.95 bits per heavy atom. The van der Waals surface area contributed by atoms with Gasteiger partial charge in [-0.3, -0.25) is 4.79 Å². The van der Waals surface area contributed by atoms with Crippen LogP contribution in [-0.4, -0.2) is 59.8 Å². The van der Waals surface area contributed by atoms with E-state index in [1.54, 1.807) is 0 Å². The van der Waals surface area contributed by atoms with Crippen LogP contribution in [-0.2, 0) is 10.4 Å². The number of hydrogen-bond donors (Lipinski definition) is 4. The lowest BCUT2D eigenvalue weighted by molar-refractivity contribution is -0.140. The lowest BCUT2D eigenvalue weighted by Crippen LogP contribution is -2.49. The van der Waals surface area contributed by atoms with E-state index in [0.29, 0.717) is 37.0 Å². The third-order valence-corrected chi connectivity index (χ3v) is 8.71. The molecule has 4 unspecified atom stereocenters. The average molecular weight is 542 g/mol. The number of aliphatic hydroxyl groups is 1. The summed E-state index contributed by atoms with van der Waals surface area (Å²) in [5, 5.41) is 27.9. The molecule has 2 aromatic carbocycles. The maximum absolute atomic E-state index is 13.5. The van der Waals surface area contributed by atoms with Crippen LogP contribution in [0.25, 0.3) is 11.1 Å². The summed E-state index contributed by atoms with van der Waals surface area (Å²) >= 11 is 6.79. The van der Waals surface area contributed by atoms with Crippen molar-refractivity contribution in [3.63, 3.8) is 0 Å². The molecule has 206 valence electrons. The normalized spacial score (nSPS) is 23.2. The number of halogens is 1. The van der Waals surface area contributed by atoms with Crippen LogP contribution in [0.2, 0.25) is 5.02 Å². The van der Waals surface area contributed by atoms with E-state index in [0.717, 1.165) is 54.4 Å². The number of amides is 2. The molecule has 0 aromatic heterocycles. The second-order valence-corrected chi connectivity index (χ2v) is 11.3. The van der Waals surface area contributed by atoms with E-state index in [1.807, 2.05) is 55.3 Å². The first kappa shape index (κ1) is 28.4. The van der Waals surface area contributed by atoms with Crippen molar-refractivity contribution in [2.24, 2.45) is 11.8 Å². The number of aryl methyl sites for hydroxylation is 1. The van der Waals surface area contributed by atoms with Crippen molar-refractivity contribution < 1.29 is 19.8 Å². The van der Waals surface area contributed by atoms with Crippen molar-refractivity contribution >= 4 is 23.6 Å². The fourth-order valence-corrected chi connectivity index (χ4v) is 6.67. The summed E-state index contributed by atoms with van der Waals surface area (Å²) in [6.07, 6.45) is 4.07. The molecule has 38 heavy (non-hydrogen) atoms. The zero-order chi connectivity index (χ0) is 27.3. The summed E-state index contributed by atoms with van der Waals surface area (Å²) in [5.41, 5.74) is 2.27. The largest absolute Gasteiger partial charge is 0.465 e. The highest BCUT2D eigenvalue weighted by atomic mass is 35.5. The van der Waals surface area contributed by atoms with Crippen LogP contribution in [0.1, 0.15) is 56.1 Å². The van der Waals surface area contributed by atoms with Gasteiger partial charge in [0.1, 0.15) is 0 Å². The van der Waals surface area contributed by atoms with E-state index < -0.39 is 11.7 Å². The van der Waals surface area contributed by atoms with E-state index >= 15 is 0 Å². The molecule has 0 bridgehead atoms. The molecule has 2 fully saturated rings. The summed E-state index contributed by atoms with van der Waals surface area (Å²) < 4.78 is 0. The topological polar surface area (TPSA) is 102 Å². The first-order valence-corrected chi connectivity index (χ1v) is 14.1. The highest BCUT2D eigenvalue weighted by Gasteiger charge is 2.44. The Kier molecular flexibility index (Phi) is 9.34. The zero-order valence-electron chi connectivity index (χ0n) is 22.4. The van der Waals surface area contributed by atoms with Gasteiger partial charge in [0.15, 0.2) is 0 Å². The lowest BCUT2D eigenvalue weighted by Gasteiger charge is -2.44. The van der Waals surface area contributed by atoms with Gasteiger partial charge in [0.05, 0.1) is 5.60 Å². The fraction of sp³-hybridized carbons (Fsp3) is 0.533. The molecule has 4 atom stereocenters. The van der Waals surface area contributed by atoms with Crippen LogP contribution in [0.5, 0.6) is 0 Å². The molecule has 1 aliphatic heterocycles. The van der Waals surface area contributed by atoms with Crippen LogP contribution < -0.4 is 10.6 Å². The molecule has 4 rings (SSSR count). The van der Waals surface area contributed by atoms with Crippen molar-refractivity contribution in [3.8, 4) is 11.1 Å². The van der Waals surface area contributed by atoms with Crippen LogP contribution in [0.4, 0.5) is 4.79 Å². The molecule has 8 heteroatoms. The maximum Gasteiger partial charge on any atom is 0.404 e. The van der Waals surface area contributed by atoms with Crippen LogP contribution in [0, 0.1) is 18.8 Å². The van der Waals surface area contributed by atoms with Gasteiger partial charge in [0, 0.05) is 48.1 Å². The number of benzene rings is 2. The third kappa shape index (κ3) is 6.33. The van der Waals surface area contributed by atoms with Crippen molar-refractivity contribution in [2.75, 3.05) is 26.7 Å².